The van der Waals surface area contributed by atoms with E-state index in [-0.39, 0.29) is 11.9 Å². The van der Waals surface area contributed by atoms with Crippen LogP contribution < -0.4 is 0 Å². The van der Waals surface area contributed by atoms with Crippen molar-refractivity contribution in [2.24, 2.45) is 5.41 Å². The van der Waals surface area contributed by atoms with Crippen molar-refractivity contribution in [1.29, 1.82) is 0 Å². The molecule has 3 rings (SSSR count). The number of nitrogens with zero attached hydrogens (tertiary/aromatic N) is 3. The topological polar surface area (TPSA) is 72.4 Å². The van der Waals surface area contributed by atoms with E-state index in [4.69, 9.17) is 4.74 Å². The molecule has 1 saturated heterocycles. The number of hydrogen-bond acceptors (Lipinski definition) is 5. The first-order valence-corrected chi connectivity index (χ1v) is 10.4. The predicted molar refractivity (Wildman–Crippen MR) is 110 cm³/mol. The van der Waals surface area contributed by atoms with Gasteiger partial charge >= 0.3 is 5.97 Å². The van der Waals surface area contributed by atoms with Gasteiger partial charge in [-0.2, -0.15) is 0 Å². The van der Waals surface area contributed by atoms with E-state index in [9.17, 15) is 9.59 Å². The number of amides is 1. The summed E-state index contributed by atoms with van der Waals surface area (Å²) in [7, 11) is 0. The zero-order valence-electron chi connectivity index (χ0n) is 17.0. The van der Waals surface area contributed by atoms with Crippen molar-refractivity contribution in [2.45, 2.75) is 45.4 Å². The lowest BCUT2D eigenvalue weighted by atomic mass is 9.75. The van der Waals surface area contributed by atoms with Gasteiger partial charge < -0.3 is 9.64 Å². The van der Waals surface area contributed by atoms with E-state index in [0.29, 0.717) is 39.0 Å². The van der Waals surface area contributed by atoms with Gasteiger partial charge in [-0.05, 0) is 44.6 Å². The molecule has 2 heterocycles. The number of likely N-dealkylation sites (tertiary alicyclic amines) is 1. The average molecular weight is 396 g/mol. The number of hydrogen-bond donors (Lipinski definition) is 0. The Labute approximate surface area is 172 Å². The summed E-state index contributed by atoms with van der Waals surface area (Å²) in [4.78, 5) is 35.9. The van der Waals surface area contributed by atoms with E-state index in [1.165, 1.54) is 5.56 Å². The molecule has 154 valence electrons. The molecule has 29 heavy (non-hydrogen) atoms. The fourth-order valence-corrected chi connectivity index (χ4v) is 3.98. The summed E-state index contributed by atoms with van der Waals surface area (Å²) in [5.74, 6) is -0.119. The zero-order valence-corrected chi connectivity index (χ0v) is 17.0. The third-order valence-electron chi connectivity index (χ3n) is 5.58. The highest BCUT2D eigenvalue weighted by Gasteiger charge is 2.44. The van der Waals surface area contributed by atoms with Gasteiger partial charge in [0.1, 0.15) is 0 Å². The van der Waals surface area contributed by atoms with Gasteiger partial charge in [-0.3, -0.25) is 19.6 Å². The number of piperidine rings is 1. The Hall–Kier alpha value is -2.76. The molecule has 1 aromatic heterocycles. The Bertz CT molecular complexity index is 798. The molecule has 0 N–H and O–H groups in total. The number of aryl methyl sites for hydroxylation is 2. The molecule has 0 spiro atoms. The number of ether oxygens (including phenoxy) is 1. The summed E-state index contributed by atoms with van der Waals surface area (Å²) < 4.78 is 5.44. The maximum absolute atomic E-state index is 12.9. The summed E-state index contributed by atoms with van der Waals surface area (Å²) in [5, 5.41) is 0. The molecule has 0 unspecified atom stereocenters. The first-order valence-electron chi connectivity index (χ1n) is 10.4. The van der Waals surface area contributed by atoms with Crippen molar-refractivity contribution >= 4 is 11.9 Å². The second kappa shape index (κ2) is 10.1. The minimum Gasteiger partial charge on any atom is -0.466 e. The quantitative estimate of drug-likeness (QED) is 0.642. The molecule has 6 nitrogen and oxygen atoms in total. The Morgan fingerprint density at radius 2 is 2.00 bits per heavy atom. The van der Waals surface area contributed by atoms with Crippen LogP contribution in [0.3, 0.4) is 0 Å². The van der Waals surface area contributed by atoms with Gasteiger partial charge in [-0.15, -0.1) is 0 Å². The van der Waals surface area contributed by atoms with E-state index < -0.39 is 5.41 Å². The van der Waals surface area contributed by atoms with Gasteiger partial charge in [0.25, 0.3) is 0 Å². The fraction of sp³-hybridized carbons (Fsp3) is 0.478. The van der Waals surface area contributed by atoms with Crippen LogP contribution in [0, 0.1) is 5.41 Å². The third-order valence-corrected chi connectivity index (χ3v) is 5.58. The molecule has 2 aromatic rings. The summed E-state index contributed by atoms with van der Waals surface area (Å²) in [6.45, 7) is 3.30. The minimum atomic E-state index is -0.633. The summed E-state index contributed by atoms with van der Waals surface area (Å²) in [5.41, 5.74) is 1.37. The molecular weight excluding hydrogens is 366 g/mol. The normalized spacial score (nSPS) is 19.0. The maximum atomic E-state index is 12.9. The summed E-state index contributed by atoms with van der Waals surface area (Å²) in [6, 6.07) is 10.2. The average Bonchev–Trinajstić information content (AvgIpc) is 2.78. The van der Waals surface area contributed by atoms with Crippen LogP contribution in [0.1, 0.15) is 43.9 Å². The molecule has 1 aliphatic rings. The van der Waals surface area contributed by atoms with E-state index in [2.05, 4.69) is 22.1 Å². The molecule has 1 aliphatic heterocycles. The number of esters is 1. The highest BCUT2D eigenvalue weighted by atomic mass is 16.5. The molecular formula is C23H29N3O3. The minimum absolute atomic E-state index is 0.0590. The number of carbonyl (C=O) groups excluding carboxylic acids is 2. The van der Waals surface area contributed by atoms with E-state index in [1.54, 1.807) is 18.6 Å². The Kier molecular flexibility index (Phi) is 7.33. The number of carbonyl (C=O) groups is 2. The van der Waals surface area contributed by atoms with Crippen LogP contribution in [0.2, 0.25) is 0 Å². The van der Waals surface area contributed by atoms with E-state index in [1.807, 2.05) is 30.0 Å². The monoisotopic (exact) mass is 395 g/mol. The van der Waals surface area contributed by atoms with Crippen molar-refractivity contribution in [2.75, 3.05) is 19.7 Å². The number of benzene rings is 1. The number of aromatic nitrogens is 2. The molecule has 0 saturated carbocycles. The second-order valence-electron chi connectivity index (χ2n) is 7.60. The lowest BCUT2D eigenvalue weighted by molar-refractivity contribution is -0.161. The van der Waals surface area contributed by atoms with E-state index in [0.717, 1.165) is 25.0 Å². The highest BCUT2D eigenvalue weighted by molar-refractivity contribution is 5.81. The van der Waals surface area contributed by atoms with Crippen molar-refractivity contribution in [3.05, 3.63) is 60.2 Å². The Morgan fingerprint density at radius 3 is 2.72 bits per heavy atom. The van der Waals surface area contributed by atoms with Gasteiger partial charge in [0.2, 0.25) is 5.91 Å². The van der Waals surface area contributed by atoms with Crippen molar-refractivity contribution < 1.29 is 14.3 Å². The molecule has 6 heteroatoms. The lowest BCUT2D eigenvalue weighted by Crippen LogP contribution is -2.50. The van der Waals surface area contributed by atoms with Crippen LogP contribution in [0.4, 0.5) is 0 Å². The van der Waals surface area contributed by atoms with Gasteiger partial charge in [0, 0.05) is 38.1 Å². The van der Waals surface area contributed by atoms with Crippen molar-refractivity contribution in [3.8, 4) is 0 Å². The van der Waals surface area contributed by atoms with Gasteiger partial charge in [0.05, 0.1) is 17.7 Å². The molecule has 1 amide bonds. The van der Waals surface area contributed by atoms with Crippen molar-refractivity contribution in [1.82, 2.24) is 14.9 Å². The van der Waals surface area contributed by atoms with Crippen LogP contribution in [0.15, 0.2) is 48.9 Å². The van der Waals surface area contributed by atoms with Crippen LogP contribution in [0.5, 0.6) is 0 Å². The van der Waals surface area contributed by atoms with E-state index >= 15 is 0 Å². The maximum Gasteiger partial charge on any atom is 0.313 e. The van der Waals surface area contributed by atoms with Gasteiger partial charge in [0.15, 0.2) is 0 Å². The fourth-order valence-electron chi connectivity index (χ4n) is 3.98. The zero-order chi connectivity index (χ0) is 20.5. The van der Waals surface area contributed by atoms with Gasteiger partial charge in [-0.1, -0.05) is 30.3 Å². The van der Waals surface area contributed by atoms with Crippen molar-refractivity contribution in [3.63, 3.8) is 0 Å². The largest absolute Gasteiger partial charge is 0.466 e. The molecule has 1 fully saturated rings. The highest BCUT2D eigenvalue weighted by Crippen LogP contribution is 2.36. The van der Waals surface area contributed by atoms with Gasteiger partial charge in [-0.25, -0.2) is 0 Å². The third kappa shape index (κ3) is 5.62. The second-order valence-corrected chi connectivity index (χ2v) is 7.60. The number of rotatable bonds is 8. The molecule has 0 radical (unpaired) electrons. The SMILES string of the molecule is CCOC(=O)[C@@]1(CCc2ccccc2)CCCN(C(=O)CCc2cnccn2)C1. The molecule has 1 aromatic carbocycles. The van der Waals surface area contributed by atoms with Crippen LogP contribution in [-0.2, 0) is 27.2 Å². The lowest BCUT2D eigenvalue weighted by Gasteiger charge is -2.41. The first-order chi connectivity index (χ1) is 14.1. The van der Waals surface area contributed by atoms with Crippen LogP contribution >= 0.6 is 0 Å². The van der Waals surface area contributed by atoms with Crippen LogP contribution in [0.25, 0.3) is 0 Å². The first kappa shape index (κ1) is 21.0. The molecule has 1 atom stereocenters. The standard InChI is InChI=1S/C23H29N3O3/c1-2-29-22(28)23(13-11-19-7-4-3-5-8-19)12-6-16-26(18-23)21(27)10-9-20-17-24-14-15-25-20/h3-5,7-8,14-15,17H,2,6,9-13,16,18H2,1H3/t23-/m1/s1. The molecule has 0 bridgehead atoms. The summed E-state index contributed by atoms with van der Waals surface area (Å²) >= 11 is 0. The van der Waals surface area contributed by atoms with Crippen LogP contribution in [-0.4, -0.2) is 46.4 Å². The predicted octanol–water partition coefficient (Wildman–Crippen LogP) is 3.21. The summed E-state index contributed by atoms with van der Waals surface area (Å²) in [6.07, 6.45) is 8.91. The smallest absolute Gasteiger partial charge is 0.313 e. The molecule has 0 aliphatic carbocycles. The Morgan fingerprint density at radius 1 is 1.17 bits per heavy atom. The Balaban J connectivity index is 1.67.